The fourth-order valence-electron chi connectivity index (χ4n) is 3.85. The molecule has 0 bridgehead atoms. The Morgan fingerprint density at radius 2 is 1.91 bits per heavy atom. The molecule has 0 aromatic heterocycles. The molecule has 1 aliphatic heterocycles. The Kier molecular flexibility index (Phi) is 7.51. The van der Waals surface area contributed by atoms with Crippen LogP contribution < -0.4 is 20.3 Å². The molecule has 3 amide bonds. The number of nitrogens with one attached hydrogen (secondary N) is 2. The first-order valence-corrected chi connectivity index (χ1v) is 11.1. The van der Waals surface area contributed by atoms with E-state index in [1.165, 1.54) is 0 Å². The van der Waals surface area contributed by atoms with Crippen molar-refractivity contribution >= 4 is 29.1 Å². The number of rotatable bonds is 8. The second kappa shape index (κ2) is 10.3. The van der Waals surface area contributed by atoms with Gasteiger partial charge in [0.25, 0.3) is 5.91 Å². The number of aryl methyl sites for hydroxylation is 1. The molecule has 1 aliphatic rings. The third-order valence-electron chi connectivity index (χ3n) is 5.50. The highest BCUT2D eigenvalue weighted by Gasteiger charge is 2.27. The number of para-hydroxylation sites is 1. The van der Waals surface area contributed by atoms with Crippen molar-refractivity contribution < 1.29 is 19.1 Å². The Hall–Kier alpha value is -3.35. The van der Waals surface area contributed by atoms with Gasteiger partial charge in [-0.05, 0) is 62.1 Å². The van der Waals surface area contributed by atoms with Crippen LogP contribution in [0.4, 0.5) is 11.4 Å². The standard InChI is InChI=1S/C25H31N3O4/c1-5-32-21-10-7-6-9-19(21)24(30)27-23(16(2)3)25(31)26-18-12-13-20(17(4)15-18)28-14-8-11-22(28)29/h6-7,9-10,12-13,15-16,23H,5,8,11,14H2,1-4H3,(H,26,31)(H,27,30). The number of anilines is 2. The predicted octanol–water partition coefficient (Wildman–Crippen LogP) is 3.91. The molecule has 32 heavy (non-hydrogen) atoms. The van der Waals surface area contributed by atoms with Gasteiger partial charge in [-0.25, -0.2) is 0 Å². The van der Waals surface area contributed by atoms with Crippen LogP contribution in [-0.2, 0) is 9.59 Å². The number of hydrogen-bond donors (Lipinski definition) is 2. The van der Waals surface area contributed by atoms with E-state index in [1.807, 2.05) is 39.8 Å². The van der Waals surface area contributed by atoms with Crippen molar-refractivity contribution in [1.29, 1.82) is 0 Å². The van der Waals surface area contributed by atoms with Crippen molar-refractivity contribution in [3.8, 4) is 5.75 Å². The lowest BCUT2D eigenvalue weighted by Crippen LogP contribution is -2.47. The molecule has 170 valence electrons. The van der Waals surface area contributed by atoms with Gasteiger partial charge in [0.1, 0.15) is 11.8 Å². The summed E-state index contributed by atoms with van der Waals surface area (Å²) in [6.45, 7) is 8.69. The first-order chi connectivity index (χ1) is 15.3. The van der Waals surface area contributed by atoms with E-state index in [4.69, 9.17) is 4.74 Å². The maximum absolute atomic E-state index is 13.0. The highest BCUT2D eigenvalue weighted by atomic mass is 16.5. The molecule has 2 aromatic carbocycles. The zero-order valence-electron chi connectivity index (χ0n) is 19.1. The van der Waals surface area contributed by atoms with Gasteiger partial charge < -0.3 is 20.3 Å². The summed E-state index contributed by atoms with van der Waals surface area (Å²) in [6.07, 6.45) is 1.43. The molecule has 1 saturated heterocycles. The van der Waals surface area contributed by atoms with Crippen LogP contribution in [0.15, 0.2) is 42.5 Å². The van der Waals surface area contributed by atoms with Crippen molar-refractivity contribution in [1.82, 2.24) is 5.32 Å². The van der Waals surface area contributed by atoms with Crippen LogP contribution in [0.2, 0.25) is 0 Å². The molecule has 1 heterocycles. The van der Waals surface area contributed by atoms with Crippen molar-refractivity contribution in [2.75, 3.05) is 23.4 Å². The molecular formula is C25H31N3O4. The van der Waals surface area contributed by atoms with E-state index in [-0.39, 0.29) is 23.6 Å². The van der Waals surface area contributed by atoms with Gasteiger partial charge in [0.05, 0.1) is 12.2 Å². The quantitative estimate of drug-likeness (QED) is 0.655. The normalized spacial score (nSPS) is 14.4. The Morgan fingerprint density at radius 1 is 1.16 bits per heavy atom. The molecule has 0 saturated carbocycles. The van der Waals surface area contributed by atoms with E-state index in [1.54, 1.807) is 35.2 Å². The molecule has 0 spiro atoms. The first-order valence-electron chi connectivity index (χ1n) is 11.1. The van der Waals surface area contributed by atoms with Gasteiger partial charge in [-0.2, -0.15) is 0 Å². The zero-order chi connectivity index (χ0) is 23.3. The van der Waals surface area contributed by atoms with Gasteiger partial charge >= 0.3 is 0 Å². The van der Waals surface area contributed by atoms with Crippen LogP contribution in [0.25, 0.3) is 0 Å². The lowest BCUT2D eigenvalue weighted by atomic mass is 10.0. The molecule has 3 rings (SSSR count). The summed E-state index contributed by atoms with van der Waals surface area (Å²) >= 11 is 0. The SMILES string of the molecule is CCOc1ccccc1C(=O)NC(C(=O)Nc1ccc(N2CCCC2=O)c(C)c1)C(C)C. The molecule has 7 nitrogen and oxygen atoms in total. The lowest BCUT2D eigenvalue weighted by Gasteiger charge is -2.23. The van der Waals surface area contributed by atoms with Crippen LogP contribution in [0.3, 0.4) is 0 Å². The topological polar surface area (TPSA) is 87.7 Å². The number of carbonyl (C=O) groups is 3. The first kappa shape index (κ1) is 23.3. The fraction of sp³-hybridized carbons (Fsp3) is 0.400. The fourth-order valence-corrected chi connectivity index (χ4v) is 3.85. The second-order valence-corrected chi connectivity index (χ2v) is 8.26. The second-order valence-electron chi connectivity index (χ2n) is 8.26. The zero-order valence-corrected chi connectivity index (χ0v) is 19.1. The van der Waals surface area contributed by atoms with Crippen molar-refractivity contribution in [3.63, 3.8) is 0 Å². The van der Waals surface area contributed by atoms with Crippen molar-refractivity contribution in [2.45, 2.75) is 46.6 Å². The van der Waals surface area contributed by atoms with Crippen LogP contribution in [0.5, 0.6) is 5.75 Å². The minimum absolute atomic E-state index is 0.124. The Balaban J connectivity index is 1.72. The maximum Gasteiger partial charge on any atom is 0.255 e. The van der Waals surface area contributed by atoms with E-state index in [2.05, 4.69) is 10.6 Å². The third kappa shape index (κ3) is 5.28. The molecule has 0 aliphatic carbocycles. The van der Waals surface area contributed by atoms with Gasteiger partial charge in [-0.15, -0.1) is 0 Å². The Morgan fingerprint density at radius 3 is 2.53 bits per heavy atom. The van der Waals surface area contributed by atoms with Gasteiger partial charge in [-0.1, -0.05) is 26.0 Å². The van der Waals surface area contributed by atoms with Crippen molar-refractivity contribution in [2.24, 2.45) is 5.92 Å². The van der Waals surface area contributed by atoms with Crippen LogP contribution >= 0.6 is 0 Å². The molecule has 1 fully saturated rings. The number of hydrogen-bond acceptors (Lipinski definition) is 4. The number of carbonyl (C=O) groups excluding carboxylic acids is 3. The largest absolute Gasteiger partial charge is 0.493 e. The summed E-state index contributed by atoms with van der Waals surface area (Å²) in [6, 6.07) is 11.7. The van der Waals surface area contributed by atoms with Gasteiger partial charge in [0.15, 0.2) is 0 Å². The lowest BCUT2D eigenvalue weighted by molar-refractivity contribution is -0.119. The number of benzene rings is 2. The number of amides is 3. The van der Waals surface area contributed by atoms with E-state index in [0.29, 0.717) is 30.0 Å². The summed E-state index contributed by atoms with van der Waals surface area (Å²) < 4.78 is 5.54. The average Bonchev–Trinajstić information content (AvgIpc) is 3.18. The van der Waals surface area contributed by atoms with Crippen LogP contribution in [0.1, 0.15) is 49.5 Å². The number of nitrogens with zero attached hydrogens (tertiary/aromatic N) is 1. The van der Waals surface area contributed by atoms with E-state index < -0.39 is 6.04 Å². The molecule has 1 unspecified atom stereocenters. The summed E-state index contributed by atoms with van der Waals surface area (Å²) in [7, 11) is 0. The Labute approximate surface area is 189 Å². The van der Waals surface area contributed by atoms with Crippen LogP contribution in [0, 0.1) is 12.8 Å². The van der Waals surface area contributed by atoms with E-state index in [9.17, 15) is 14.4 Å². The van der Waals surface area contributed by atoms with Crippen molar-refractivity contribution in [3.05, 3.63) is 53.6 Å². The molecule has 2 N–H and O–H groups in total. The molecule has 7 heteroatoms. The molecular weight excluding hydrogens is 406 g/mol. The summed E-state index contributed by atoms with van der Waals surface area (Å²) in [5.74, 6) is -0.174. The monoisotopic (exact) mass is 437 g/mol. The smallest absolute Gasteiger partial charge is 0.255 e. The highest BCUT2D eigenvalue weighted by Crippen LogP contribution is 2.27. The van der Waals surface area contributed by atoms with E-state index in [0.717, 1.165) is 24.2 Å². The van der Waals surface area contributed by atoms with Gasteiger partial charge in [0, 0.05) is 24.3 Å². The molecule has 1 atom stereocenters. The van der Waals surface area contributed by atoms with E-state index >= 15 is 0 Å². The Bertz CT molecular complexity index is 1000. The summed E-state index contributed by atoms with van der Waals surface area (Å²) in [5, 5.41) is 5.75. The predicted molar refractivity (Wildman–Crippen MR) is 125 cm³/mol. The molecule has 2 aromatic rings. The third-order valence-corrected chi connectivity index (χ3v) is 5.50. The maximum atomic E-state index is 13.0. The summed E-state index contributed by atoms with van der Waals surface area (Å²) in [4.78, 5) is 39.7. The highest BCUT2D eigenvalue weighted by molar-refractivity contribution is 6.03. The van der Waals surface area contributed by atoms with Crippen LogP contribution in [-0.4, -0.2) is 36.9 Å². The summed E-state index contributed by atoms with van der Waals surface area (Å²) in [5.41, 5.74) is 2.79. The minimum atomic E-state index is -0.725. The average molecular weight is 438 g/mol. The minimum Gasteiger partial charge on any atom is -0.493 e. The van der Waals surface area contributed by atoms with Gasteiger partial charge in [0.2, 0.25) is 11.8 Å². The van der Waals surface area contributed by atoms with Gasteiger partial charge in [-0.3, -0.25) is 14.4 Å². The molecule has 0 radical (unpaired) electrons. The number of ether oxygens (including phenoxy) is 1.